The van der Waals surface area contributed by atoms with Crippen LogP contribution < -0.4 is 4.72 Å². The first kappa shape index (κ1) is 21.4. The van der Waals surface area contributed by atoms with Crippen molar-refractivity contribution in [3.05, 3.63) is 64.7 Å². The molecule has 0 amide bonds. The van der Waals surface area contributed by atoms with Gasteiger partial charge in [0.1, 0.15) is 0 Å². The number of nitrogens with one attached hydrogen (secondary N) is 1. The van der Waals surface area contributed by atoms with Crippen molar-refractivity contribution in [3.63, 3.8) is 0 Å². The monoisotopic (exact) mass is 409 g/mol. The summed E-state index contributed by atoms with van der Waals surface area (Å²) in [6, 6.07) is 13.3. The Morgan fingerprint density at radius 1 is 1.07 bits per heavy atom. The van der Waals surface area contributed by atoms with Crippen LogP contribution >= 0.6 is 11.6 Å². The summed E-state index contributed by atoms with van der Waals surface area (Å²) in [5.41, 5.74) is 1.90. The van der Waals surface area contributed by atoms with Crippen molar-refractivity contribution in [1.29, 1.82) is 0 Å². The number of aliphatic carboxylic acids is 1. The van der Waals surface area contributed by atoms with Crippen molar-refractivity contribution in [2.45, 2.75) is 44.0 Å². The molecule has 1 unspecified atom stereocenters. The van der Waals surface area contributed by atoms with E-state index in [0.29, 0.717) is 17.9 Å². The Labute approximate surface area is 165 Å². The lowest BCUT2D eigenvalue weighted by molar-refractivity contribution is -0.137. The first-order valence-electron chi connectivity index (χ1n) is 8.77. The number of carboxylic acid groups (broad SMARTS) is 1. The molecule has 1 atom stereocenters. The maximum atomic E-state index is 12.7. The minimum Gasteiger partial charge on any atom is -0.481 e. The van der Waals surface area contributed by atoms with Crippen molar-refractivity contribution in [2.75, 3.05) is 0 Å². The third-order valence-corrected chi connectivity index (χ3v) is 5.98. The van der Waals surface area contributed by atoms with Crippen molar-refractivity contribution >= 4 is 27.6 Å². The second kappa shape index (κ2) is 9.35. The summed E-state index contributed by atoms with van der Waals surface area (Å²) in [6.45, 7) is 3.91. The lowest BCUT2D eigenvalue weighted by atomic mass is 9.95. The van der Waals surface area contributed by atoms with Crippen LogP contribution in [0.25, 0.3) is 0 Å². The van der Waals surface area contributed by atoms with Gasteiger partial charge in [0.25, 0.3) is 0 Å². The number of rotatable bonds is 9. The standard InChI is InChI=1S/C20H24ClNO4S/c1-14(2)20(22-27(25,26)18-12-10-17(21)11-13-18)16-8-6-15(7-9-16)4-3-5-19(23)24/h6-14,20,22H,3-5H2,1-2H3,(H,23,24). The first-order chi connectivity index (χ1) is 12.7. The van der Waals surface area contributed by atoms with Gasteiger partial charge in [-0.05, 0) is 54.2 Å². The predicted octanol–water partition coefficient (Wildman–Crippen LogP) is 4.42. The number of carboxylic acids is 1. The van der Waals surface area contributed by atoms with Gasteiger partial charge in [-0.15, -0.1) is 0 Å². The number of benzene rings is 2. The van der Waals surface area contributed by atoms with Gasteiger partial charge in [0.05, 0.1) is 4.90 Å². The smallest absolute Gasteiger partial charge is 0.303 e. The zero-order valence-corrected chi connectivity index (χ0v) is 16.9. The van der Waals surface area contributed by atoms with Crippen LogP contribution in [0.5, 0.6) is 0 Å². The molecule has 2 aromatic rings. The molecule has 5 nitrogen and oxygen atoms in total. The highest BCUT2D eigenvalue weighted by Gasteiger charge is 2.24. The fourth-order valence-corrected chi connectivity index (χ4v) is 4.27. The van der Waals surface area contributed by atoms with E-state index in [4.69, 9.17) is 16.7 Å². The normalized spacial score (nSPS) is 12.9. The van der Waals surface area contributed by atoms with Gasteiger partial charge >= 0.3 is 5.97 Å². The van der Waals surface area contributed by atoms with Gasteiger partial charge in [-0.1, -0.05) is 49.7 Å². The predicted molar refractivity (Wildman–Crippen MR) is 106 cm³/mol. The van der Waals surface area contributed by atoms with Crippen LogP contribution in [0.15, 0.2) is 53.4 Å². The summed E-state index contributed by atoms with van der Waals surface area (Å²) in [5, 5.41) is 9.19. The van der Waals surface area contributed by atoms with Gasteiger partial charge in [-0.2, -0.15) is 0 Å². The minimum absolute atomic E-state index is 0.0462. The van der Waals surface area contributed by atoms with Crippen LogP contribution in [0.3, 0.4) is 0 Å². The molecule has 0 fully saturated rings. The van der Waals surface area contributed by atoms with E-state index in [1.165, 1.54) is 12.1 Å². The molecule has 2 aromatic carbocycles. The quantitative estimate of drug-likeness (QED) is 0.642. The van der Waals surface area contributed by atoms with Crippen molar-refractivity contribution in [2.24, 2.45) is 5.92 Å². The molecule has 7 heteroatoms. The molecule has 146 valence electrons. The molecule has 0 saturated heterocycles. The van der Waals surface area contributed by atoms with Crippen LogP contribution in [0.4, 0.5) is 0 Å². The van der Waals surface area contributed by atoms with E-state index in [9.17, 15) is 13.2 Å². The summed E-state index contributed by atoms with van der Waals surface area (Å²) < 4.78 is 28.2. The Kier molecular flexibility index (Phi) is 7.41. The van der Waals surface area contributed by atoms with Crippen LogP contribution in [0.1, 0.15) is 43.9 Å². The molecule has 0 saturated carbocycles. The van der Waals surface area contributed by atoms with Crippen LogP contribution in [0.2, 0.25) is 5.02 Å². The van der Waals surface area contributed by atoms with E-state index in [-0.39, 0.29) is 23.3 Å². The zero-order valence-electron chi connectivity index (χ0n) is 15.4. The van der Waals surface area contributed by atoms with E-state index in [1.54, 1.807) is 12.1 Å². The second-order valence-electron chi connectivity index (χ2n) is 6.79. The highest BCUT2D eigenvalue weighted by Crippen LogP contribution is 2.25. The number of aryl methyl sites for hydroxylation is 1. The van der Waals surface area contributed by atoms with E-state index in [0.717, 1.165) is 11.1 Å². The van der Waals surface area contributed by atoms with Gasteiger partial charge < -0.3 is 5.11 Å². The maximum Gasteiger partial charge on any atom is 0.303 e. The number of hydrogen-bond donors (Lipinski definition) is 2. The number of halogens is 1. The maximum absolute atomic E-state index is 12.7. The van der Waals surface area contributed by atoms with E-state index >= 15 is 0 Å². The van der Waals surface area contributed by atoms with Gasteiger partial charge in [0.2, 0.25) is 10.0 Å². The third-order valence-electron chi connectivity index (χ3n) is 4.27. The molecule has 0 aliphatic heterocycles. The van der Waals surface area contributed by atoms with E-state index in [2.05, 4.69) is 4.72 Å². The molecule has 0 spiro atoms. The molecule has 0 bridgehead atoms. The molecular formula is C20H24ClNO4S. The molecule has 0 heterocycles. The van der Waals surface area contributed by atoms with Crippen LogP contribution in [-0.4, -0.2) is 19.5 Å². The molecule has 0 radical (unpaired) electrons. The fraction of sp³-hybridized carbons (Fsp3) is 0.350. The van der Waals surface area contributed by atoms with Crippen molar-refractivity contribution in [3.8, 4) is 0 Å². The highest BCUT2D eigenvalue weighted by atomic mass is 35.5. The van der Waals surface area contributed by atoms with Crippen molar-refractivity contribution < 1.29 is 18.3 Å². The Morgan fingerprint density at radius 2 is 1.67 bits per heavy atom. The first-order valence-corrected chi connectivity index (χ1v) is 10.6. The van der Waals surface area contributed by atoms with Crippen molar-refractivity contribution in [1.82, 2.24) is 4.72 Å². The Balaban J connectivity index is 2.14. The lowest BCUT2D eigenvalue weighted by Crippen LogP contribution is -2.31. The van der Waals surface area contributed by atoms with E-state index < -0.39 is 16.0 Å². The van der Waals surface area contributed by atoms with Crippen LogP contribution in [0, 0.1) is 5.92 Å². The topological polar surface area (TPSA) is 83.5 Å². The Bertz CT molecular complexity index is 862. The third kappa shape index (κ3) is 6.34. The van der Waals surface area contributed by atoms with Gasteiger partial charge in [-0.25, -0.2) is 13.1 Å². The minimum atomic E-state index is -3.68. The van der Waals surface area contributed by atoms with Crippen LogP contribution in [-0.2, 0) is 21.2 Å². The zero-order chi connectivity index (χ0) is 20.0. The number of hydrogen-bond acceptors (Lipinski definition) is 3. The molecule has 2 rings (SSSR count). The largest absolute Gasteiger partial charge is 0.481 e. The molecule has 2 N–H and O–H groups in total. The summed E-state index contributed by atoms with van der Waals surface area (Å²) in [4.78, 5) is 10.8. The van der Waals surface area contributed by atoms with E-state index in [1.807, 2.05) is 38.1 Å². The second-order valence-corrected chi connectivity index (χ2v) is 8.94. The highest BCUT2D eigenvalue weighted by molar-refractivity contribution is 7.89. The average molecular weight is 410 g/mol. The van der Waals surface area contributed by atoms with Gasteiger partial charge in [0.15, 0.2) is 0 Å². The fourth-order valence-electron chi connectivity index (χ4n) is 2.77. The Morgan fingerprint density at radius 3 is 2.19 bits per heavy atom. The molecule has 0 aliphatic carbocycles. The SMILES string of the molecule is CC(C)C(NS(=O)(=O)c1ccc(Cl)cc1)c1ccc(CCCC(=O)O)cc1. The van der Waals surface area contributed by atoms with Gasteiger partial charge in [0, 0.05) is 17.5 Å². The summed E-state index contributed by atoms with van der Waals surface area (Å²) in [5.74, 6) is -0.756. The summed E-state index contributed by atoms with van der Waals surface area (Å²) in [6.07, 6.45) is 1.39. The molecule has 0 aromatic heterocycles. The molecular weight excluding hydrogens is 386 g/mol. The summed E-state index contributed by atoms with van der Waals surface area (Å²) >= 11 is 5.83. The number of carbonyl (C=O) groups is 1. The number of sulfonamides is 1. The lowest BCUT2D eigenvalue weighted by Gasteiger charge is -2.23. The average Bonchev–Trinajstić information content (AvgIpc) is 2.60. The molecule has 0 aliphatic rings. The van der Waals surface area contributed by atoms with Gasteiger partial charge in [-0.3, -0.25) is 4.79 Å². The molecule has 27 heavy (non-hydrogen) atoms. The Hall–Kier alpha value is -1.89. The summed E-state index contributed by atoms with van der Waals surface area (Å²) in [7, 11) is -3.68.